The zero-order chi connectivity index (χ0) is 15.9. The van der Waals surface area contributed by atoms with E-state index in [-0.39, 0.29) is 18.3 Å². The van der Waals surface area contributed by atoms with Gasteiger partial charge in [-0.15, -0.1) is 12.4 Å². The van der Waals surface area contributed by atoms with Crippen molar-refractivity contribution >= 4 is 18.3 Å². The van der Waals surface area contributed by atoms with Gasteiger partial charge in [-0.05, 0) is 62.9 Å². The fraction of sp³-hybridized carbons (Fsp3) is 0.611. The zero-order valence-electron chi connectivity index (χ0n) is 14.4. The minimum atomic E-state index is 0. The molecule has 0 saturated carbocycles. The molecular weight excluding hydrogens is 312 g/mol. The van der Waals surface area contributed by atoms with Gasteiger partial charge in [-0.3, -0.25) is 4.79 Å². The molecule has 0 atom stereocenters. The summed E-state index contributed by atoms with van der Waals surface area (Å²) in [4.78, 5) is 14.5. The summed E-state index contributed by atoms with van der Waals surface area (Å²) in [7, 11) is 3.67. The number of likely N-dealkylation sites (tertiary alicyclic amines) is 1. The molecule has 4 nitrogen and oxygen atoms in total. The molecule has 0 aromatic heterocycles. The van der Waals surface area contributed by atoms with Gasteiger partial charge in [0, 0.05) is 13.1 Å². The van der Waals surface area contributed by atoms with Gasteiger partial charge in [-0.25, -0.2) is 0 Å². The van der Waals surface area contributed by atoms with Gasteiger partial charge in [0.1, 0.15) is 5.75 Å². The Hall–Kier alpha value is -1.26. The monoisotopic (exact) mass is 340 g/mol. The molecule has 1 aliphatic heterocycles. The number of halogens is 1. The number of benzene rings is 1. The van der Waals surface area contributed by atoms with Crippen LogP contribution in [0.1, 0.15) is 30.4 Å². The van der Waals surface area contributed by atoms with E-state index in [0.29, 0.717) is 6.42 Å². The summed E-state index contributed by atoms with van der Waals surface area (Å²) in [5, 5.41) is 3.20. The van der Waals surface area contributed by atoms with E-state index < -0.39 is 0 Å². The topological polar surface area (TPSA) is 41.6 Å². The number of rotatable bonds is 6. The Morgan fingerprint density at radius 3 is 2.65 bits per heavy atom. The van der Waals surface area contributed by atoms with E-state index in [1.807, 2.05) is 37.1 Å². The molecule has 1 aromatic carbocycles. The summed E-state index contributed by atoms with van der Waals surface area (Å²) in [5.41, 5.74) is 2.13. The summed E-state index contributed by atoms with van der Waals surface area (Å²) in [6, 6.07) is 6.02. The highest BCUT2D eigenvalue weighted by Gasteiger charge is 2.22. The fourth-order valence-electron chi connectivity index (χ4n) is 3.08. The Bertz CT molecular complexity index is 500. The Kier molecular flexibility index (Phi) is 8.42. The van der Waals surface area contributed by atoms with Crippen molar-refractivity contribution in [3.8, 4) is 5.75 Å². The first-order valence-electron chi connectivity index (χ1n) is 8.20. The van der Waals surface area contributed by atoms with Crippen molar-refractivity contribution in [2.45, 2.75) is 32.6 Å². The fourth-order valence-corrected chi connectivity index (χ4v) is 3.08. The minimum absolute atomic E-state index is 0. The number of amides is 1. The lowest BCUT2D eigenvalue weighted by atomic mass is 9.93. The van der Waals surface area contributed by atoms with Crippen LogP contribution >= 0.6 is 12.4 Å². The zero-order valence-corrected chi connectivity index (χ0v) is 15.2. The Morgan fingerprint density at radius 2 is 2.04 bits per heavy atom. The molecule has 1 heterocycles. The van der Waals surface area contributed by atoms with Crippen molar-refractivity contribution in [2.24, 2.45) is 5.92 Å². The highest BCUT2D eigenvalue weighted by molar-refractivity contribution is 5.85. The van der Waals surface area contributed by atoms with Crippen molar-refractivity contribution in [2.75, 3.05) is 33.8 Å². The second-order valence-electron chi connectivity index (χ2n) is 6.20. The molecular formula is C18H29ClN2O2. The van der Waals surface area contributed by atoms with Crippen LogP contribution in [0.25, 0.3) is 0 Å². The lowest BCUT2D eigenvalue weighted by molar-refractivity contribution is -0.131. The largest absolute Gasteiger partial charge is 0.496 e. The number of hydrogen-bond donors (Lipinski definition) is 1. The number of aryl methyl sites for hydroxylation is 1. The van der Waals surface area contributed by atoms with Crippen LogP contribution in [0.5, 0.6) is 5.75 Å². The van der Waals surface area contributed by atoms with Crippen LogP contribution in [0.2, 0.25) is 0 Å². The van der Waals surface area contributed by atoms with E-state index in [0.717, 1.165) is 55.3 Å². The summed E-state index contributed by atoms with van der Waals surface area (Å²) in [6.45, 7) is 4.88. The molecule has 0 spiro atoms. The van der Waals surface area contributed by atoms with E-state index in [1.54, 1.807) is 7.11 Å². The third kappa shape index (κ3) is 5.70. The van der Waals surface area contributed by atoms with Crippen molar-refractivity contribution in [1.29, 1.82) is 0 Å². The Balaban J connectivity index is 0.00000264. The van der Waals surface area contributed by atoms with Gasteiger partial charge in [0.05, 0.1) is 13.5 Å². The predicted molar refractivity (Wildman–Crippen MR) is 96.5 cm³/mol. The van der Waals surface area contributed by atoms with E-state index in [1.165, 1.54) is 6.42 Å². The van der Waals surface area contributed by atoms with Crippen LogP contribution in [-0.4, -0.2) is 44.6 Å². The van der Waals surface area contributed by atoms with Crippen LogP contribution < -0.4 is 10.1 Å². The van der Waals surface area contributed by atoms with E-state index in [2.05, 4.69) is 5.32 Å². The standard InChI is InChI=1S/C18H28N2O2.ClH/c1-14-4-5-16(12-17(14)22-3)13-18(21)20-10-7-15(8-11-20)6-9-19-2;/h4-5,12,15,19H,6-11,13H2,1-3H3;1H. The number of carbonyl (C=O) groups excluding carboxylic acids is 1. The number of nitrogens with one attached hydrogen (secondary N) is 1. The lowest BCUT2D eigenvalue weighted by Crippen LogP contribution is -2.39. The molecule has 1 aliphatic rings. The maximum Gasteiger partial charge on any atom is 0.226 e. The van der Waals surface area contributed by atoms with Crippen molar-refractivity contribution in [3.63, 3.8) is 0 Å². The van der Waals surface area contributed by atoms with Gasteiger partial charge in [0.15, 0.2) is 0 Å². The predicted octanol–water partition coefficient (Wildman–Crippen LogP) is 2.82. The minimum Gasteiger partial charge on any atom is -0.496 e. The number of methoxy groups -OCH3 is 1. The molecule has 0 unspecified atom stereocenters. The summed E-state index contributed by atoms with van der Waals surface area (Å²) in [5.74, 6) is 1.85. The quantitative estimate of drug-likeness (QED) is 0.865. The van der Waals surface area contributed by atoms with Gasteiger partial charge in [0.25, 0.3) is 0 Å². The van der Waals surface area contributed by atoms with Crippen LogP contribution in [0.15, 0.2) is 18.2 Å². The lowest BCUT2D eigenvalue weighted by Gasteiger charge is -2.32. The Morgan fingerprint density at radius 1 is 1.35 bits per heavy atom. The number of piperidine rings is 1. The average molecular weight is 341 g/mol. The molecule has 1 amide bonds. The maximum absolute atomic E-state index is 12.4. The summed E-state index contributed by atoms with van der Waals surface area (Å²) >= 11 is 0. The molecule has 130 valence electrons. The summed E-state index contributed by atoms with van der Waals surface area (Å²) in [6.07, 6.45) is 3.95. The van der Waals surface area contributed by atoms with Crippen molar-refractivity contribution in [3.05, 3.63) is 29.3 Å². The van der Waals surface area contributed by atoms with Crippen LogP contribution in [-0.2, 0) is 11.2 Å². The Labute approximate surface area is 146 Å². The highest BCUT2D eigenvalue weighted by Crippen LogP contribution is 2.22. The molecule has 23 heavy (non-hydrogen) atoms. The first-order valence-corrected chi connectivity index (χ1v) is 8.20. The molecule has 0 bridgehead atoms. The third-order valence-corrected chi connectivity index (χ3v) is 4.60. The number of ether oxygens (including phenoxy) is 1. The van der Waals surface area contributed by atoms with Gasteiger partial charge in [-0.1, -0.05) is 12.1 Å². The smallest absolute Gasteiger partial charge is 0.226 e. The van der Waals surface area contributed by atoms with E-state index in [4.69, 9.17) is 4.74 Å². The highest BCUT2D eigenvalue weighted by atomic mass is 35.5. The molecule has 1 N–H and O–H groups in total. The normalized spacial score (nSPS) is 15.2. The second-order valence-corrected chi connectivity index (χ2v) is 6.20. The van der Waals surface area contributed by atoms with Crippen LogP contribution in [0, 0.1) is 12.8 Å². The van der Waals surface area contributed by atoms with Gasteiger partial charge in [-0.2, -0.15) is 0 Å². The number of carbonyl (C=O) groups is 1. The first-order chi connectivity index (χ1) is 10.6. The van der Waals surface area contributed by atoms with Crippen molar-refractivity contribution in [1.82, 2.24) is 10.2 Å². The van der Waals surface area contributed by atoms with Crippen LogP contribution in [0.3, 0.4) is 0 Å². The number of hydrogen-bond acceptors (Lipinski definition) is 3. The molecule has 0 radical (unpaired) electrons. The average Bonchev–Trinajstić information content (AvgIpc) is 2.55. The van der Waals surface area contributed by atoms with E-state index >= 15 is 0 Å². The SMILES string of the molecule is CNCCC1CCN(C(=O)Cc2ccc(C)c(OC)c2)CC1.Cl. The molecule has 2 rings (SSSR count). The maximum atomic E-state index is 12.4. The molecule has 5 heteroatoms. The molecule has 1 fully saturated rings. The first kappa shape index (κ1) is 19.8. The molecule has 0 aliphatic carbocycles. The van der Waals surface area contributed by atoms with Gasteiger partial charge >= 0.3 is 0 Å². The van der Waals surface area contributed by atoms with Crippen LogP contribution in [0.4, 0.5) is 0 Å². The summed E-state index contributed by atoms with van der Waals surface area (Å²) < 4.78 is 5.33. The second kappa shape index (κ2) is 9.78. The van der Waals surface area contributed by atoms with Gasteiger partial charge < -0.3 is 15.0 Å². The number of nitrogens with zero attached hydrogens (tertiary/aromatic N) is 1. The van der Waals surface area contributed by atoms with Crippen molar-refractivity contribution < 1.29 is 9.53 Å². The van der Waals surface area contributed by atoms with E-state index in [9.17, 15) is 4.79 Å². The molecule has 1 saturated heterocycles. The van der Waals surface area contributed by atoms with Gasteiger partial charge in [0.2, 0.25) is 5.91 Å². The third-order valence-electron chi connectivity index (χ3n) is 4.60. The molecule has 1 aromatic rings.